The smallest absolute Gasteiger partial charge is 0.130 e. The summed E-state index contributed by atoms with van der Waals surface area (Å²) in [6.07, 6.45) is 6.64. The number of nitrogens with zero attached hydrogens (tertiary/aromatic N) is 2. The van der Waals surface area contributed by atoms with E-state index < -0.39 is 5.60 Å². The molecule has 3 nitrogen and oxygen atoms in total. The van der Waals surface area contributed by atoms with Crippen LogP contribution in [0.3, 0.4) is 0 Å². The molecule has 102 valence electrons. The van der Waals surface area contributed by atoms with E-state index in [-0.39, 0.29) is 0 Å². The first-order valence-corrected chi connectivity index (χ1v) is 7.20. The third-order valence-corrected chi connectivity index (χ3v) is 4.76. The molecular formula is C14H23ClN2O. The highest BCUT2D eigenvalue weighted by molar-refractivity contribution is 6.30. The van der Waals surface area contributed by atoms with E-state index in [0.29, 0.717) is 17.5 Å². The van der Waals surface area contributed by atoms with Gasteiger partial charge in [-0.25, -0.2) is 0 Å². The molecule has 1 aromatic heterocycles. The minimum Gasteiger partial charge on any atom is -0.390 e. The SMILES string of the molecule is Cc1nn(C)c(Cl)c1CC(C)(O)C1CCCCC1. The largest absolute Gasteiger partial charge is 0.390 e. The lowest BCUT2D eigenvalue weighted by molar-refractivity contribution is -0.0160. The molecule has 1 N–H and O–H groups in total. The first-order chi connectivity index (χ1) is 8.42. The van der Waals surface area contributed by atoms with Crippen LogP contribution in [0.5, 0.6) is 0 Å². The molecule has 0 bridgehead atoms. The fourth-order valence-corrected chi connectivity index (χ4v) is 3.34. The Hall–Kier alpha value is -0.540. The fraction of sp³-hybridized carbons (Fsp3) is 0.786. The van der Waals surface area contributed by atoms with Crippen molar-refractivity contribution in [3.63, 3.8) is 0 Å². The molecule has 0 radical (unpaired) electrons. The van der Waals surface area contributed by atoms with Gasteiger partial charge in [0.1, 0.15) is 5.15 Å². The molecule has 0 aromatic carbocycles. The van der Waals surface area contributed by atoms with Gasteiger partial charge in [-0.3, -0.25) is 4.68 Å². The van der Waals surface area contributed by atoms with Crippen LogP contribution in [0.4, 0.5) is 0 Å². The summed E-state index contributed by atoms with van der Waals surface area (Å²) in [5.74, 6) is 0.391. The van der Waals surface area contributed by atoms with Gasteiger partial charge in [0.15, 0.2) is 0 Å². The average molecular weight is 271 g/mol. The Kier molecular flexibility index (Phi) is 4.02. The van der Waals surface area contributed by atoms with Crippen molar-refractivity contribution in [3.05, 3.63) is 16.4 Å². The van der Waals surface area contributed by atoms with Crippen molar-refractivity contribution in [2.24, 2.45) is 13.0 Å². The van der Waals surface area contributed by atoms with Gasteiger partial charge in [-0.05, 0) is 32.6 Å². The van der Waals surface area contributed by atoms with Crippen LogP contribution in [-0.4, -0.2) is 20.5 Å². The van der Waals surface area contributed by atoms with Crippen molar-refractivity contribution in [2.45, 2.75) is 58.0 Å². The zero-order chi connectivity index (χ0) is 13.3. The van der Waals surface area contributed by atoms with Crippen molar-refractivity contribution >= 4 is 11.6 Å². The number of rotatable bonds is 3. The van der Waals surface area contributed by atoms with Crippen LogP contribution in [0.2, 0.25) is 5.15 Å². The molecule has 4 heteroatoms. The second-order valence-electron chi connectivity index (χ2n) is 5.85. The van der Waals surface area contributed by atoms with Crippen LogP contribution in [0.1, 0.15) is 50.3 Å². The first-order valence-electron chi connectivity index (χ1n) is 6.82. The summed E-state index contributed by atoms with van der Waals surface area (Å²) in [5.41, 5.74) is 1.26. The third kappa shape index (κ3) is 2.72. The van der Waals surface area contributed by atoms with Gasteiger partial charge in [-0.2, -0.15) is 5.10 Å². The van der Waals surface area contributed by atoms with Gasteiger partial charge in [0.2, 0.25) is 0 Å². The molecule has 1 aliphatic rings. The molecule has 1 atom stereocenters. The van der Waals surface area contributed by atoms with Crippen LogP contribution < -0.4 is 0 Å². The normalized spacial score (nSPS) is 20.9. The monoisotopic (exact) mass is 270 g/mol. The first kappa shape index (κ1) is 13.9. The van der Waals surface area contributed by atoms with Crippen molar-refractivity contribution in [1.29, 1.82) is 0 Å². The van der Waals surface area contributed by atoms with Gasteiger partial charge in [0.25, 0.3) is 0 Å². The molecule has 0 aliphatic heterocycles. The van der Waals surface area contributed by atoms with Gasteiger partial charge in [0.05, 0.1) is 11.3 Å². The lowest BCUT2D eigenvalue weighted by Gasteiger charge is -2.35. The van der Waals surface area contributed by atoms with E-state index >= 15 is 0 Å². The Balaban J connectivity index is 2.15. The quantitative estimate of drug-likeness (QED) is 0.916. The minimum atomic E-state index is -0.669. The zero-order valence-electron chi connectivity index (χ0n) is 11.5. The number of aliphatic hydroxyl groups is 1. The van der Waals surface area contributed by atoms with Crippen LogP contribution >= 0.6 is 11.6 Å². The highest BCUT2D eigenvalue weighted by Gasteiger charge is 2.34. The van der Waals surface area contributed by atoms with Gasteiger partial charge in [0, 0.05) is 19.0 Å². The standard InChI is InChI=1S/C14H23ClN2O/c1-10-12(13(15)17(3)16-10)9-14(2,18)11-7-5-4-6-8-11/h11,18H,4-9H2,1-3H3. The lowest BCUT2D eigenvalue weighted by Crippen LogP contribution is -2.38. The van der Waals surface area contributed by atoms with Crippen LogP contribution in [-0.2, 0) is 13.5 Å². The number of hydrogen-bond acceptors (Lipinski definition) is 2. The van der Waals surface area contributed by atoms with E-state index in [1.165, 1.54) is 19.3 Å². The molecule has 0 saturated heterocycles. The van der Waals surface area contributed by atoms with E-state index in [0.717, 1.165) is 24.1 Å². The Morgan fingerprint density at radius 3 is 2.50 bits per heavy atom. The van der Waals surface area contributed by atoms with Gasteiger partial charge >= 0.3 is 0 Å². The Morgan fingerprint density at radius 1 is 1.39 bits per heavy atom. The predicted molar refractivity (Wildman–Crippen MR) is 73.9 cm³/mol. The summed E-state index contributed by atoms with van der Waals surface area (Å²) >= 11 is 6.25. The molecule has 0 amide bonds. The van der Waals surface area contributed by atoms with E-state index in [1.54, 1.807) is 4.68 Å². The van der Waals surface area contributed by atoms with Crippen molar-refractivity contribution < 1.29 is 5.11 Å². The molecule has 1 saturated carbocycles. The van der Waals surface area contributed by atoms with Crippen LogP contribution in [0.25, 0.3) is 0 Å². The highest BCUT2D eigenvalue weighted by atomic mass is 35.5. The average Bonchev–Trinajstić information content (AvgIpc) is 2.57. The fourth-order valence-electron chi connectivity index (χ4n) is 3.10. The summed E-state index contributed by atoms with van der Waals surface area (Å²) in [7, 11) is 1.84. The van der Waals surface area contributed by atoms with Gasteiger partial charge in [-0.15, -0.1) is 0 Å². The number of aromatic nitrogens is 2. The van der Waals surface area contributed by atoms with Crippen LogP contribution in [0, 0.1) is 12.8 Å². The lowest BCUT2D eigenvalue weighted by atomic mass is 9.75. The molecular weight excluding hydrogens is 248 g/mol. The summed E-state index contributed by atoms with van der Waals surface area (Å²) in [5, 5.41) is 15.7. The maximum Gasteiger partial charge on any atom is 0.130 e. The van der Waals surface area contributed by atoms with Crippen LogP contribution in [0.15, 0.2) is 0 Å². The Bertz CT molecular complexity index is 420. The van der Waals surface area contributed by atoms with Crippen molar-refractivity contribution in [2.75, 3.05) is 0 Å². The molecule has 0 spiro atoms. The van der Waals surface area contributed by atoms with E-state index in [4.69, 9.17) is 11.6 Å². The van der Waals surface area contributed by atoms with E-state index in [9.17, 15) is 5.11 Å². The summed E-state index contributed by atoms with van der Waals surface area (Å²) in [4.78, 5) is 0. The van der Waals surface area contributed by atoms with Gasteiger partial charge < -0.3 is 5.11 Å². The molecule has 1 aliphatic carbocycles. The highest BCUT2D eigenvalue weighted by Crippen LogP contribution is 2.36. The maximum atomic E-state index is 10.8. The predicted octanol–water partition coefficient (Wildman–Crippen LogP) is 3.26. The summed E-state index contributed by atoms with van der Waals surface area (Å²) in [6.45, 7) is 3.91. The minimum absolute atomic E-state index is 0.391. The van der Waals surface area contributed by atoms with Crippen molar-refractivity contribution in [1.82, 2.24) is 9.78 Å². The summed E-state index contributed by atoms with van der Waals surface area (Å²) in [6, 6.07) is 0. The Morgan fingerprint density at radius 2 is 2.00 bits per heavy atom. The van der Waals surface area contributed by atoms with E-state index in [1.807, 2.05) is 20.9 Å². The number of hydrogen-bond donors (Lipinski definition) is 1. The molecule has 18 heavy (non-hydrogen) atoms. The molecule has 1 fully saturated rings. The second kappa shape index (κ2) is 5.22. The number of aryl methyl sites for hydroxylation is 2. The molecule has 1 heterocycles. The molecule has 1 unspecified atom stereocenters. The Labute approximate surface area is 114 Å². The molecule has 2 rings (SSSR count). The maximum absolute atomic E-state index is 10.8. The number of halogens is 1. The van der Waals surface area contributed by atoms with Gasteiger partial charge in [-0.1, -0.05) is 30.9 Å². The van der Waals surface area contributed by atoms with E-state index in [2.05, 4.69) is 5.10 Å². The topological polar surface area (TPSA) is 38.0 Å². The third-order valence-electron chi connectivity index (χ3n) is 4.29. The molecule has 1 aromatic rings. The van der Waals surface area contributed by atoms with Crippen molar-refractivity contribution in [3.8, 4) is 0 Å². The zero-order valence-corrected chi connectivity index (χ0v) is 12.3. The summed E-state index contributed by atoms with van der Waals surface area (Å²) < 4.78 is 1.68. The second-order valence-corrected chi connectivity index (χ2v) is 6.21.